The normalized spacial score (nSPS) is 18.9. The topological polar surface area (TPSA) is 57.7 Å². The molecule has 0 aromatic heterocycles. The summed E-state index contributed by atoms with van der Waals surface area (Å²) in [7, 11) is -3.70. The lowest BCUT2D eigenvalue weighted by molar-refractivity contribution is -0.123. The number of anilines is 1. The second-order valence-electron chi connectivity index (χ2n) is 7.34. The second-order valence-corrected chi connectivity index (χ2v) is 9.23. The smallest absolute Gasteiger partial charge is 0.245 e. The van der Waals surface area contributed by atoms with Crippen LogP contribution < -0.4 is 4.90 Å². The molecule has 6 heteroatoms. The molecule has 0 radical (unpaired) electrons. The Morgan fingerprint density at radius 1 is 0.963 bits per heavy atom. The Balaban J connectivity index is 1.82. The predicted octanol–water partition coefficient (Wildman–Crippen LogP) is 3.54. The van der Waals surface area contributed by atoms with E-state index in [4.69, 9.17) is 0 Å². The maximum absolute atomic E-state index is 13.0. The Bertz CT molecular complexity index is 919. The molecule has 0 aliphatic carbocycles. The molecule has 5 nitrogen and oxygen atoms in total. The van der Waals surface area contributed by atoms with Crippen molar-refractivity contribution < 1.29 is 13.2 Å². The first-order valence-electron chi connectivity index (χ1n) is 9.21. The van der Waals surface area contributed by atoms with Crippen molar-refractivity contribution in [1.29, 1.82) is 0 Å². The molecule has 1 aliphatic rings. The molecule has 144 valence electrons. The summed E-state index contributed by atoms with van der Waals surface area (Å²) >= 11 is 0. The van der Waals surface area contributed by atoms with Gasteiger partial charge in [0.1, 0.15) is 6.04 Å². The van der Waals surface area contributed by atoms with E-state index in [0.717, 1.165) is 11.3 Å². The Hall–Kier alpha value is -2.18. The van der Waals surface area contributed by atoms with Crippen LogP contribution in [0.5, 0.6) is 0 Å². The Labute approximate surface area is 161 Å². The van der Waals surface area contributed by atoms with Crippen LogP contribution in [0.25, 0.3) is 0 Å². The standard InChI is InChI=1S/C21H26N2O3S/c1-15(2)18-7-9-19(10-8-18)22-13-14-23(17(4)21(22)24)27(25,26)20-11-5-16(3)6-12-20/h5-12,15,17H,13-14H2,1-4H3. The van der Waals surface area contributed by atoms with Crippen molar-refractivity contribution in [1.82, 2.24) is 4.31 Å². The number of amides is 1. The fourth-order valence-electron chi connectivity index (χ4n) is 3.32. The highest BCUT2D eigenvalue weighted by atomic mass is 32.2. The van der Waals surface area contributed by atoms with Crippen molar-refractivity contribution in [3.05, 3.63) is 59.7 Å². The van der Waals surface area contributed by atoms with Gasteiger partial charge in [-0.15, -0.1) is 0 Å². The number of rotatable bonds is 4. The molecular formula is C21H26N2O3S. The molecule has 2 aromatic carbocycles. The number of piperazine rings is 1. The van der Waals surface area contributed by atoms with Gasteiger partial charge in [-0.3, -0.25) is 4.79 Å². The van der Waals surface area contributed by atoms with Gasteiger partial charge >= 0.3 is 0 Å². The van der Waals surface area contributed by atoms with E-state index in [1.165, 1.54) is 9.87 Å². The molecule has 0 saturated carbocycles. The third-order valence-electron chi connectivity index (χ3n) is 5.10. The monoisotopic (exact) mass is 386 g/mol. The zero-order valence-corrected chi connectivity index (χ0v) is 17.0. The second kappa shape index (κ2) is 7.44. The molecule has 1 amide bonds. The summed E-state index contributed by atoms with van der Waals surface area (Å²) in [4.78, 5) is 14.8. The van der Waals surface area contributed by atoms with Crippen molar-refractivity contribution in [3.8, 4) is 0 Å². The van der Waals surface area contributed by atoms with Gasteiger partial charge in [-0.25, -0.2) is 8.42 Å². The van der Waals surface area contributed by atoms with Gasteiger partial charge in [-0.2, -0.15) is 4.31 Å². The summed E-state index contributed by atoms with van der Waals surface area (Å²) < 4.78 is 27.2. The largest absolute Gasteiger partial charge is 0.310 e. The van der Waals surface area contributed by atoms with Crippen LogP contribution in [-0.4, -0.2) is 37.8 Å². The van der Waals surface area contributed by atoms with Gasteiger partial charge < -0.3 is 4.90 Å². The minimum Gasteiger partial charge on any atom is -0.310 e. The van der Waals surface area contributed by atoms with E-state index in [0.29, 0.717) is 12.5 Å². The van der Waals surface area contributed by atoms with Crippen LogP contribution in [0.2, 0.25) is 0 Å². The maximum atomic E-state index is 13.0. The van der Waals surface area contributed by atoms with Crippen molar-refractivity contribution in [2.45, 2.75) is 44.6 Å². The number of carbonyl (C=O) groups excluding carboxylic acids is 1. The average molecular weight is 387 g/mol. The molecule has 1 fully saturated rings. The summed E-state index contributed by atoms with van der Waals surface area (Å²) in [6.45, 7) is 8.42. The van der Waals surface area contributed by atoms with E-state index in [1.807, 2.05) is 31.2 Å². The van der Waals surface area contributed by atoms with E-state index in [9.17, 15) is 13.2 Å². The number of sulfonamides is 1. The van der Waals surface area contributed by atoms with Crippen LogP contribution in [0, 0.1) is 6.92 Å². The first kappa shape index (κ1) is 19.6. The van der Waals surface area contributed by atoms with Gasteiger partial charge in [0.25, 0.3) is 0 Å². The van der Waals surface area contributed by atoms with E-state index < -0.39 is 16.1 Å². The van der Waals surface area contributed by atoms with Gasteiger partial charge in [0.2, 0.25) is 15.9 Å². The lowest BCUT2D eigenvalue weighted by Gasteiger charge is -2.38. The summed E-state index contributed by atoms with van der Waals surface area (Å²) in [5.74, 6) is 0.222. The fourth-order valence-corrected chi connectivity index (χ4v) is 4.90. The highest BCUT2D eigenvalue weighted by Gasteiger charge is 2.39. The molecule has 1 atom stereocenters. The zero-order valence-electron chi connectivity index (χ0n) is 16.2. The first-order chi connectivity index (χ1) is 12.7. The lowest BCUT2D eigenvalue weighted by atomic mass is 10.0. The summed E-state index contributed by atoms with van der Waals surface area (Å²) in [5.41, 5.74) is 3.01. The number of carbonyl (C=O) groups is 1. The maximum Gasteiger partial charge on any atom is 0.245 e. The van der Waals surface area contributed by atoms with E-state index in [2.05, 4.69) is 13.8 Å². The first-order valence-corrected chi connectivity index (χ1v) is 10.7. The number of benzene rings is 2. The van der Waals surface area contributed by atoms with Crippen LogP contribution in [-0.2, 0) is 14.8 Å². The predicted molar refractivity (Wildman–Crippen MR) is 107 cm³/mol. The van der Waals surface area contributed by atoms with E-state index in [-0.39, 0.29) is 17.3 Å². The third kappa shape index (κ3) is 3.77. The molecule has 0 N–H and O–H groups in total. The Kier molecular flexibility index (Phi) is 5.40. The van der Waals surface area contributed by atoms with E-state index >= 15 is 0 Å². The molecule has 1 aliphatic heterocycles. The van der Waals surface area contributed by atoms with E-state index in [1.54, 1.807) is 36.1 Å². The number of hydrogen-bond donors (Lipinski definition) is 0. The minimum atomic E-state index is -3.70. The molecule has 1 heterocycles. The van der Waals surface area contributed by atoms with Crippen molar-refractivity contribution >= 4 is 21.6 Å². The Morgan fingerprint density at radius 3 is 2.11 bits per heavy atom. The summed E-state index contributed by atoms with van der Waals surface area (Å²) in [6, 6.07) is 13.9. The van der Waals surface area contributed by atoms with Crippen molar-refractivity contribution in [2.75, 3.05) is 18.0 Å². The molecule has 1 unspecified atom stereocenters. The van der Waals surface area contributed by atoms with Crippen LogP contribution in [0.4, 0.5) is 5.69 Å². The number of hydrogen-bond acceptors (Lipinski definition) is 3. The average Bonchev–Trinajstić information content (AvgIpc) is 2.64. The highest BCUT2D eigenvalue weighted by Crippen LogP contribution is 2.27. The molecule has 0 bridgehead atoms. The van der Waals surface area contributed by atoms with Crippen LogP contribution in [0.3, 0.4) is 0 Å². The number of nitrogens with zero attached hydrogens (tertiary/aromatic N) is 2. The molecule has 0 spiro atoms. The van der Waals surface area contributed by atoms with Crippen LogP contribution in [0.15, 0.2) is 53.4 Å². The highest BCUT2D eigenvalue weighted by molar-refractivity contribution is 7.89. The molecular weight excluding hydrogens is 360 g/mol. The molecule has 2 aromatic rings. The van der Waals surface area contributed by atoms with Gasteiger partial charge in [0, 0.05) is 18.8 Å². The SMILES string of the molecule is Cc1ccc(S(=O)(=O)N2CCN(c3ccc(C(C)C)cc3)C(=O)C2C)cc1. The lowest BCUT2D eigenvalue weighted by Crippen LogP contribution is -2.57. The molecule has 27 heavy (non-hydrogen) atoms. The number of aryl methyl sites for hydroxylation is 1. The summed E-state index contributed by atoms with van der Waals surface area (Å²) in [6.07, 6.45) is 0. The van der Waals surface area contributed by atoms with Crippen LogP contribution >= 0.6 is 0 Å². The van der Waals surface area contributed by atoms with Crippen molar-refractivity contribution in [3.63, 3.8) is 0 Å². The van der Waals surface area contributed by atoms with Gasteiger partial charge in [0.15, 0.2) is 0 Å². The van der Waals surface area contributed by atoms with Gasteiger partial charge in [-0.1, -0.05) is 43.7 Å². The Morgan fingerprint density at radius 2 is 1.56 bits per heavy atom. The third-order valence-corrected chi connectivity index (χ3v) is 7.08. The van der Waals surface area contributed by atoms with Crippen LogP contribution in [0.1, 0.15) is 37.8 Å². The van der Waals surface area contributed by atoms with Crippen molar-refractivity contribution in [2.24, 2.45) is 0 Å². The van der Waals surface area contributed by atoms with Gasteiger partial charge in [-0.05, 0) is 49.6 Å². The summed E-state index contributed by atoms with van der Waals surface area (Å²) in [5, 5.41) is 0. The quantitative estimate of drug-likeness (QED) is 0.807. The molecule has 3 rings (SSSR count). The fraction of sp³-hybridized carbons (Fsp3) is 0.381. The minimum absolute atomic E-state index is 0.200. The molecule has 1 saturated heterocycles. The van der Waals surface area contributed by atoms with Gasteiger partial charge in [0.05, 0.1) is 4.90 Å². The zero-order chi connectivity index (χ0) is 19.8.